The monoisotopic (exact) mass is 386 g/mol. The maximum atomic E-state index is 11.6. The summed E-state index contributed by atoms with van der Waals surface area (Å²) >= 11 is 0. The van der Waals surface area contributed by atoms with E-state index in [-0.39, 0.29) is 56.9 Å². The van der Waals surface area contributed by atoms with E-state index in [1.54, 1.807) is 0 Å². The number of aliphatic carboxylic acids is 2. The number of esters is 4. The van der Waals surface area contributed by atoms with Crippen molar-refractivity contribution in [2.45, 2.75) is 57.8 Å². The van der Waals surface area contributed by atoms with E-state index in [2.05, 4.69) is 16.1 Å². The van der Waals surface area contributed by atoms with Gasteiger partial charge in [-0.05, 0) is 25.7 Å². The molecule has 2 N–H and O–H groups in total. The number of carboxylic acids is 2. The van der Waals surface area contributed by atoms with Gasteiger partial charge in [-0.1, -0.05) is 6.58 Å². The molecule has 0 aromatic rings. The summed E-state index contributed by atoms with van der Waals surface area (Å²) in [6.45, 7) is 3.29. The van der Waals surface area contributed by atoms with E-state index in [0.717, 1.165) is 0 Å². The fourth-order valence-electron chi connectivity index (χ4n) is 1.78. The summed E-state index contributed by atoms with van der Waals surface area (Å²) in [4.78, 5) is 66.6. The number of ether oxygens (including phenoxy) is 2. The van der Waals surface area contributed by atoms with Crippen LogP contribution in [0.25, 0.3) is 0 Å². The maximum Gasteiger partial charge on any atom is 0.341 e. The van der Waals surface area contributed by atoms with Crippen LogP contribution in [0.15, 0.2) is 12.2 Å². The lowest BCUT2D eigenvalue weighted by atomic mass is 10.2. The molecule has 27 heavy (non-hydrogen) atoms. The minimum atomic E-state index is -1.14. The fourth-order valence-corrected chi connectivity index (χ4v) is 1.78. The van der Waals surface area contributed by atoms with Crippen LogP contribution in [0.2, 0.25) is 0 Å². The van der Waals surface area contributed by atoms with Gasteiger partial charge in [0.15, 0.2) is 0 Å². The zero-order chi connectivity index (χ0) is 20.8. The zero-order valence-corrected chi connectivity index (χ0v) is 14.7. The minimum Gasteiger partial charge on any atom is -0.481 e. The zero-order valence-electron chi connectivity index (χ0n) is 14.7. The van der Waals surface area contributed by atoms with Gasteiger partial charge in [0.05, 0.1) is 6.42 Å². The van der Waals surface area contributed by atoms with E-state index in [0.29, 0.717) is 0 Å². The molecule has 0 radical (unpaired) electrons. The van der Waals surface area contributed by atoms with Crippen molar-refractivity contribution in [3.63, 3.8) is 0 Å². The molecule has 150 valence electrons. The molecule has 0 aromatic carbocycles. The summed E-state index contributed by atoms with van der Waals surface area (Å²) in [6, 6.07) is 0. The molecule has 0 atom stereocenters. The average molecular weight is 386 g/mol. The summed E-state index contributed by atoms with van der Waals surface area (Å²) in [5.41, 5.74) is -0.377. The Balaban J connectivity index is 4.05. The minimum absolute atomic E-state index is 0.103. The Bertz CT molecular complexity index is 605. The number of hydrogen-bond donors (Lipinski definition) is 2. The highest BCUT2D eigenvalue weighted by Gasteiger charge is 2.19. The van der Waals surface area contributed by atoms with E-state index in [1.807, 2.05) is 0 Å². The largest absolute Gasteiger partial charge is 0.481 e. The van der Waals surface area contributed by atoms with Crippen molar-refractivity contribution in [1.82, 2.24) is 0 Å². The summed E-state index contributed by atoms with van der Waals surface area (Å²) in [7, 11) is 0. The van der Waals surface area contributed by atoms with Gasteiger partial charge in [-0.15, -0.1) is 0 Å². The molecule has 0 spiro atoms. The van der Waals surface area contributed by atoms with Crippen molar-refractivity contribution in [1.29, 1.82) is 0 Å². The molecule has 0 saturated heterocycles. The van der Waals surface area contributed by atoms with Crippen LogP contribution in [0.5, 0.6) is 0 Å². The predicted molar refractivity (Wildman–Crippen MR) is 88.2 cm³/mol. The van der Waals surface area contributed by atoms with Gasteiger partial charge in [0.25, 0.3) is 0 Å². The third-order valence-electron chi connectivity index (χ3n) is 3.12. The van der Waals surface area contributed by atoms with Crippen molar-refractivity contribution < 1.29 is 48.5 Å². The third-order valence-corrected chi connectivity index (χ3v) is 3.12. The van der Waals surface area contributed by atoms with Gasteiger partial charge in [0, 0.05) is 31.3 Å². The molecular weight excluding hydrogens is 364 g/mol. The standard InChI is InChI=1S/C17H22O10/c1-11(17(25)27-15(23)9-5-3-7-13(20)21)10-16(24)26-14(22)8-4-2-6-12(18)19/h1-10H2,(H,18,19)(H,20,21). The first-order valence-corrected chi connectivity index (χ1v) is 8.21. The highest BCUT2D eigenvalue weighted by molar-refractivity contribution is 6.00. The fraction of sp³-hybridized carbons (Fsp3) is 0.529. The molecule has 0 fully saturated rings. The normalized spacial score (nSPS) is 9.93. The van der Waals surface area contributed by atoms with Crippen LogP contribution in [0.3, 0.4) is 0 Å². The number of rotatable bonds is 13. The first-order valence-electron chi connectivity index (χ1n) is 8.21. The highest BCUT2D eigenvalue weighted by Crippen LogP contribution is 2.08. The van der Waals surface area contributed by atoms with Crippen molar-refractivity contribution in [2.24, 2.45) is 0 Å². The third kappa shape index (κ3) is 13.9. The van der Waals surface area contributed by atoms with Gasteiger partial charge in [0.2, 0.25) is 0 Å². The van der Waals surface area contributed by atoms with E-state index >= 15 is 0 Å². The molecule has 0 aliphatic carbocycles. The quantitative estimate of drug-likeness (QED) is 0.204. The lowest BCUT2D eigenvalue weighted by Crippen LogP contribution is -2.18. The number of carbonyl (C=O) groups excluding carboxylic acids is 4. The second kappa shape index (κ2) is 13.2. The molecule has 10 nitrogen and oxygen atoms in total. The van der Waals surface area contributed by atoms with Crippen LogP contribution in [-0.4, -0.2) is 46.0 Å². The highest BCUT2D eigenvalue weighted by atomic mass is 16.6. The summed E-state index contributed by atoms with van der Waals surface area (Å²) in [5, 5.41) is 16.9. The molecule has 0 unspecified atom stereocenters. The van der Waals surface area contributed by atoms with Crippen molar-refractivity contribution in [2.75, 3.05) is 0 Å². The van der Waals surface area contributed by atoms with Crippen LogP contribution >= 0.6 is 0 Å². The van der Waals surface area contributed by atoms with E-state index in [1.165, 1.54) is 0 Å². The molecule has 0 amide bonds. The first kappa shape index (κ1) is 24.0. The molecule has 0 rings (SSSR count). The number of hydrogen-bond acceptors (Lipinski definition) is 8. The van der Waals surface area contributed by atoms with E-state index in [4.69, 9.17) is 10.2 Å². The van der Waals surface area contributed by atoms with Gasteiger partial charge in [-0.25, -0.2) is 4.79 Å². The molecule has 0 heterocycles. The van der Waals surface area contributed by atoms with Crippen molar-refractivity contribution >= 4 is 35.8 Å². The van der Waals surface area contributed by atoms with Crippen LogP contribution in [-0.2, 0) is 38.2 Å². The molecule has 0 aliphatic heterocycles. The van der Waals surface area contributed by atoms with E-state index in [9.17, 15) is 28.8 Å². The van der Waals surface area contributed by atoms with Crippen molar-refractivity contribution in [3.05, 3.63) is 12.2 Å². The lowest BCUT2D eigenvalue weighted by molar-refractivity contribution is -0.162. The smallest absolute Gasteiger partial charge is 0.341 e. The number of carbonyl (C=O) groups is 6. The molecule has 0 bridgehead atoms. The molecule has 0 saturated carbocycles. The Kier molecular flexibility index (Phi) is 11.7. The lowest BCUT2D eigenvalue weighted by Gasteiger charge is -2.06. The number of unbranched alkanes of at least 4 members (excludes halogenated alkanes) is 2. The van der Waals surface area contributed by atoms with Gasteiger partial charge in [-0.3, -0.25) is 24.0 Å². The van der Waals surface area contributed by atoms with Gasteiger partial charge < -0.3 is 19.7 Å². The Hall–Kier alpha value is -3.04. The molecule has 10 heteroatoms. The van der Waals surface area contributed by atoms with Gasteiger partial charge in [-0.2, -0.15) is 0 Å². The molecule has 0 aromatic heterocycles. The van der Waals surface area contributed by atoms with Gasteiger partial charge in [0.1, 0.15) is 0 Å². The van der Waals surface area contributed by atoms with E-state index < -0.39 is 42.2 Å². The molecule has 0 aliphatic rings. The molecular formula is C17H22O10. The van der Waals surface area contributed by atoms with Gasteiger partial charge >= 0.3 is 35.8 Å². The summed E-state index contributed by atoms with van der Waals surface area (Å²) in [6.07, 6.45) is -0.200. The summed E-state index contributed by atoms with van der Waals surface area (Å²) in [5.74, 6) is -5.91. The second-order valence-corrected chi connectivity index (χ2v) is 5.59. The SMILES string of the molecule is C=C(CC(=O)OC(=O)CCCCC(=O)O)C(=O)OC(=O)CCCCC(=O)O. The van der Waals surface area contributed by atoms with Crippen LogP contribution in [0, 0.1) is 0 Å². The van der Waals surface area contributed by atoms with Crippen LogP contribution in [0.4, 0.5) is 0 Å². The first-order chi connectivity index (χ1) is 12.6. The number of carboxylic acid groups (broad SMARTS) is 2. The Morgan fingerprint density at radius 2 is 1.04 bits per heavy atom. The second-order valence-electron chi connectivity index (χ2n) is 5.59. The maximum absolute atomic E-state index is 11.6. The Morgan fingerprint density at radius 1 is 0.630 bits per heavy atom. The average Bonchev–Trinajstić information content (AvgIpc) is 2.55. The Labute approximate surface area is 155 Å². The van der Waals surface area contributed by atoms with Crippen molar-refractivity contribution in [3.8, 4) is 0 Å². The van der Waals surface area contributed by atoms with Crippen LogP contribution in [0.1, 0.15) is 57.8 Å². The predicted octanol–water partition coefficient (Wildman–Crippen LogP) is 1.36. The van der Waals surface area contributed by atoms with Crippen LogP contribution < -0.4 is 0 Å². The topological polar surface area (TPSA) is 161 Å². The summed E-state index contributed by atoms with van der Waals surface area (Å²) < 4.78 is 8.90. The Morgan fingerprint density at radius 3 is 1.48 bits per heavy atom.